The standard InChI is InChI=1S/C18H16ClN3O4/c1-11(17(23)22-15-4-3-9-21-16(15)19)26-18(24)12(2)25-14-7-5-13(10-20)6-8-14/h3-9,11-12H,1-2H3,(H,22,23)/t11-,12-/m0/s1. The number of ether oxygens (including phenoxy) is 2. The van der Waals surface area contributed by atoms with Gasteiger partial charge in [0.05, 0.1) is 17.3 Å². The summed E-state index contributed by atoms with van der Waals surface area (Å²) in [5, 5.41) is 11.4. The number of pyridine rings is 1. The van der Waals surface area contributed by atoms with Gasteiger partial charge in [0.15, 0.2) is 17.4 Å². The summed E-state index contributed by atoms with van der Waals surface area (Å²) >= 11 is 5.87. The van der Waals surface area contributed by atoms with E-state index in [2.05, 4.69) is 10.3 Å². The SMILES string of the molecule is C[C@H](OC(=O)[C@H](C)Oc1ccc(C#N)cc1)C(=O)Nc1cccnc1Cl. The molecule has 134 valence electrons. The lowest BCUT2D eigenvalue weighted by atomic mass is 10.2. The van der Waals surface area contributed by atoms with Gasteiger partial charge in [0.1, 0.15) is 5.75 Å². The third-order valence-corrected chi connectivity index (χ3v) is 3.61. The van der Waals surface area contributed by atoms with Gasteiger partial charge in [-0.25, -0.2) is 9.78 Å². The van der Waals surface area contributed by atoms with Gasteiger partial charge in [-0.05, 0) is 50.2 Å². The van der Waals surface area contributed by atoms with Crippen molar-refractivity contribution in [3.8, 4) is 11.8 Å². The highest BCUT2D eigenvalue weighted by Crippen LogP contribution is 2.18. The molecule has 1 heterocycles. The van der Waals surface area contributed by atoms with Crippen LogP contribution in [0.15, 0.2) is 42.6 Å². The molecule has 0 aliphatic carbocycles. The molecule has 0 unspecified atom stereocenters. The van der Waals surface area contributed by atoms with E-state index in [4.69, 9.17) is 26.3 Å². The summed E-state index contributed by atoms with van der Waals surface area (Å²) in [7, 11) is 0. The van der Waals surface area contributed by atoms with E-state index in [-0.39, 0.29) is 5.15 Å². The van der Waals surface area contributed by atoms with Crippen LogP contribution >= 0.6 is 11.6 Å². The molecule has 8 heteroatoms. The van der Waals surface area contributed by atoms with E-state index in [0.29, 0.717) is 17.0 Å². The van der Waals surface area contributed by atoms with Crippen molar-refractivity contribution in [1.82, 2.24) is 4.98 Å². The van der Waals surface area contributed by atoms with Gasteiger partial charge in [0.25, 0.3) is 5.91 Å². The number of nitrogens with zero attached hydrogens (tertiary/aromatic N) is 2. The van der Waals surface area contributed by atoms with Gasteiger partial charge in [-0.2, -0.15) is 5.26 Å². The number of hydrogen-bond donors (Lipinski definition) is 1. The van der Waals surface area contributed by atoms with Gasteiger partial charge in [0, 0.05) is 6.20 Å². The summed E-state index contributed by atoms with van der Waals surface area (Å²) in [5.41, 5.74) is 0.802. The molecule has 0 fully saturated rings. The number of esters is 1. The monoisotopic (exact) mass is 373 g/mol. The van der Waals surface area contributed by atoms with E-state index < -0.39 is 24.1 Å². The molecule has 2 atom stereocenters. The Morgan fingerprint density at radius 1 is 1.19 bits per heavy atom. The van der Waals surface area contributed by atoms with Crippen LogP contribution in [-0.2, 0) is 14.3 Å². The summed E-state index contributed by atoms with van der Waals surface area (Å²) in [5.74, 6) is -0.833. The van der Waals surface area contributed by atoms with Crippen LogP contribution in [0.3, 0.4) is 0 Å². The van der Waals surface area contributed by atoms with E-state index in [1.54, 1.807) is 36.4 Å². The highest BCUT2D eigenvalue weighted by atomic mass is 35.5. The summed E-state index contributed by atoms with van der Waals surface area (Å²) in [4.78, 5) is 28.0. The van der Waals surface area contributed by atoms with E-state index in [1.807, 2.05) is 6.07 Å². The minimum atomic E-state index is -1.05. The molecule has 1 aromatic carbocycles. The predicted molar refractivity (Wildman–Crippen MR) is 94.7 cm³/mol. The van der Waals surface area contributed by atoms with Crippen molar-refractivity contribution < 1.29 is 19.1 Å². The zero-order chi connectivity index (χ0) is 19.1. The lowest BCUT2D eigenvalue weighted by molar-refractivity contribution is -0.159. The first-order chi connectivity index (χ1) is 12.4. The van der Waals surface area contributed by atoms with Gasteiger partial charge < -0.3 is 14.8 Å². The van der Waals surface area contributed by atoms with Crippen molar-refractivity contribution in [1.29, 1.82) is 5.26 Å². The number of benzene rings is 1. The van der Waals surface area contributed by atoms with Gasteiger partial charge >= 0.3 is 5.97 Å². The molecule has 0 aliphatic rings. The third kappa shape index (κ3) is 5.19. The van der Waals surface area contributed by atoms with Crippen molar-refractivity contribution in [3.05, 3.63) is 53.3 Å². The molecule has 7 nitrogen and oxygen atoms in total. The molecule has 26 heavy (non-hydrogen) atoms. The Bertz CT molecular complexity index is 833. The number of anilines is 1. The number of carbonyl (C=O) groups is 2. The molecular weight excluding hydrogens is 358 g/mol. The number of aromatic nitrogens is 1. The number of halogens is 1. The number of carbonyl (C=O) groups excluding carboxylic acids is 2. The first-order valence-electron chi connectivity index (χ1n) is 7.69. The molecule has 0 spiro atoms. The van der Waals surface area contributed by atoms with Crippen LogP contribution in [-0.4, -0.2) is 29.1 Å². The van der Waals surface area contributed by atoms with Gasteiger partial charge in [0.2, 0.25) is 0 Å². The number of nitriles is 1. The second-order valence-corrected chi connectivity index (χ2v) is 5.66. The van der Waals surface area contributed by atoms with Crippen molar-refractivity contribution >= 4 is 29.2 Å². The molecule has 0 radical (unpaired) electrons. The molecule has 1 amide bonds. The second kappa shape index (κ2) is 8.83. The van der Waals surface area contributed by atoms with E-state index in [1.165, 1.54) is 20.0 Å². The molecule has 1 aromatic heterocycles. The van der Waals surface area contributed by atoms with Crippen LogP contribution in [0.25, 0.3) is 0 Å². The maximum atomic E-state index is 12.1. The fourth-order valence-corrected chi connectivity index (χ4v) is 2.06. The topological polar surface area (TPSA) is 101 Å². The minimum absolute atomic E-state index is 0.136. The Hall–Kier alpha value is -3.11. The summed E-state index contributed by atoms with van der Waals surface area (Å²) in [6, 6.07) is 11.5. The van der Waals surface area contributed by atoms with E-state index in [9.17, 15) is 9.59 Å². The van der Waals surface area contributed by atoms with Crippen LogP contribution in [0.1, 0.15) is 19.4 Å². The Kier molecular flexibility index (Phi) is 6.53. The molecule has 2 aromatic rings. The second-order valence-electron chi connectivity index (χ2n) is 5.31. The molecular formula is C18H16ClN3O4. The number of rotatable bonds is 6. The van der Waals surface area contributed by atoms with Crippen LogP contribution in [0.5, 0.6) is 5.75 Å². The summed E-state index contributed by atoms with van der Waals surface area (Å²) in [6.07, 6.45) is -0.491. The summed E-state index contributed by atoms with van der Waals surface area (Å²) < 4.78 is 10.6. The Morgan fingerprint density at radius 3 is 2.50 bits per heavy atom. The largest absolute Gasteiger partial charge is 0.479 e. The van der Waals surface area contributed by atoms with Crippen molar-refractivity contribution in [2.24, 2.45) is 0 Å². The van der Waals surface area contributed by atoms with Crippen molar-refractivity contribution in [2.45, 2.75) is 26.1 Å². The number of amides is 1. The maximum absolute atomic E-state index is 12.1. The molecule has 0 saturated heterocycles. The van der Waals surface area contributed by atoms with Gasteiger partial charge in [-0.3, -0.25) is 4.79 Å². The van der Waals surface area contributed by atoms with Gasteiger partial charge in [-0.15, -0.1) is 0 Å². The molecule has 0 bridgehead atoms. The smallest absolute Gasteiger partial charge is 0.347 e. The lowest BCUT2D eigenvalue weighted by Crippen LogP contribution is -2.35. The normalized spacial score (nSPS) is 12.4. The lowest BCUT2D eigenvalue weighted by Gasteiger charge is -2.18. The first kappa shape index (κ1) is 19.2. The van der Waals surface area contributed by atoms with Crippen LogP contribution in [0, 0.1) is 11.3 Å². The number of hydrogen-bond acceptors (Lipinski definition) is 6. The molecule has 1 N–H and O–H groups in total. The highest BCUT2D eigenvalue weighted by molar-refractivity contribution is 6.32. The van der Waals surface area contributed by atoms with E-state index in [0.717, 1.165) is 0 Å². The third-order valence-electron chi connectivity index (χ3n) is 3.31. The molecule has 0 aliphatic heterocycles. The Labute approximate surface area is 155 Å². The average molecular weight is 374 g/mol. The highest BCUT2D eigenvalue weighted by Gasteiger charge is 2.23. The molecule has 2 rings (SSSR count). The van der Waals surface area contributed by atoms with Gasteiger partial charge in [-0.1, -0.05) is 11.6 Å². The van der Waals surface area contributed by atoms with Crippen molar-refractivity contribution in [2.75, 3.05) is 5.32 Å². The van der Waals surface area contributed by atoms with Crippen LogP contribution < -0.4 is 10.1 Å². The summed E-state index contributed by atoms with van der Waals surface area (Å²) in [6.45, 7) is 2.94. The molecule has 0 saturated carbocycles. The minimum Gasteiger partial charge on any atom is -0.479 e. The zero-order valence-electron chi connectivity index (χ0n) is 14.1. The first-order valence-corrected chi connectivity index (χ1v) is 8.07. The fourth-order valence-electron chi connectivity index (χ4n) is 1.90. The zero-order valence-corrected chi connectivity index (χ0v) is 14.9. The van der Waals surface area contributed by atoms with E-state index >= 15 is 0 Å². The predicted octanol–water partition coefficient (Wildman–Crippen LogP) is 2.94. The maximum Gasteiger partial charge on any atom is 0.347 e. The Balaban J connectivity index is 1.89. The van der Waals surface area contributed by atoms with Crippen LogP contribution in [0.4, 0.5) is 5.69 Å². The quantitative estimate of drug-likeness (QED) is 0.617. The van der Waals surface area contributed by atoms with Crippen molar-refractivity contribution in [3.63, 3.8) is 0 Å². The fraction of sp³-hybridized carbons (Fsp3) is 0.222. The number of nitrogens with one attached hydrogen (secondary N) is 1. The van der Waals surface area contributed by atoms with Crippen LogP contribution in [0.2, 0.25) is 5.15 Å². The average Bonchev–Trinajstić information content (AvgIpc) is 2.64. The Morgan fingerprint density at radius 2 is 1.88 bits per heavy atom.